The maximum atomic E-state index is 12.7. The molecule has 1 unspecified atom stereocenters. The van der Waals surface area contributed by atoms with Crippen molar-refractivity contribution in [3.63, 3.8) is 0 Å². The zero-order chi connectivity index (χ0) is 29.3. The Morgan fingerprint density at radius 3 is 2.48 bits per heavy atom. The Balaban J connectivity index is 1.33. The van der Waals surface area contributed by atoms with Gasteiger partial charge in [-0.3, -0.25) is 33.0 Å². The molecule has 2 N–H and O–H groups in total. The van der Waals surface area contributed by atoms with Crippen molar-refractivity contribution >= 4 is 30.5 Å². The number of nitrogens with zero attached hydrogens (tertiary/aromatic N) is 1. The largest absolute Gasteiger partial charge is 0.472 e. The molecule has 218 valence electrons. The molecule has 3 heterocycles. The second kappa shape index (κ2) is 11.8. The van der Waals surface area contributed by atoms with E-state index >= 15 is 0 Å². The summed E-state index contributed by atoms with van der Waals surface area (Å²) in [5.41, 5.74) is -2.03. The summed E-state index contributed by atoms with van der Waals surface area (Å²) in [4.78, 5) is 61.3. The number of hydrogen-bond donors (Lipinski definition) is 2. The number of nitrogens with one attached hydrogen (secondary N) is 1. The van der Waals surface area contributed by atoms with Crippen LogP contribution in [0.1, 0.15) is 44.3 Å². The first-order chi connectivity index (χ1) is 18.7. The third-order valence-corrected chi connectivity index (χ3v) is 8.17. The molecule has 5 atom stereocenters. The standard InChI is InChI=1S/C25H31N2O11PS/c1-24(2,17(28)13-40-22(30)15-8-6-5-7-9-15)14-35-39(32,33)34-12-16-19-20(38-25(3,4)37-19)21(36-16)27-11-10-18(29)26-23(27)31/h5-11,16,19-21H,12-14H2,1-4H3,(H,32,33)(H,26,29,31)/t16-,19-,20-,21-/m1/s1. The number of phosphoric ester groups is 1. The van der Waals surface area contributed by atoms with Crippen LogP contribution in [0.3, 0.4) is 0 Å². The molecule has 0 radical (unpaired) electrons. The Kier molecular flexibility index (Phi) is 9.03. The number of Topliss-reactive ketones (excluding diaryl/α,β-unsaturated/α-hetero) is 1. The Morgan fingerprint density at radius 1 is 1.12 bits per heavy atom. The maximum Gasteiger partial charge on any atom is 0.472 e. The van der Waals surface area contributed by atoms with E-state index in [-0.39, 0.29) is 16.7 Å². The Hall–Kier alpha value is -2.42. The molecule has 0 bridgehead atoms. The Bertz CT molecular complexity index is 1410. The van der Waals surface area contributed by atoms with Crippen LogP contribution in [0, 0.1) is 5.41 Å². The second-order valence-corrected chi connectivity index (χ2v) is 12.8. The number of ether oxygens (including phenoxy) is 3. The topological polar surface area (TPSA) is 172 Å². The highest BCUT2D eigenvalue weighted by Gasteiger charge is 2.56. The van der Waals surface area contributed by atoms with E-state index in [1.807, 2.05) is 0 Å². The lowest BCUT2D eigenvalue weighted by atomic mass is 9.90. The van der Waals surface area contributed by atoms with Gasteiger partial charge in [0.25, 0.3) is 5.56 Å². The minimum atomic E-state index is -4.66. The zero-order valence-electron chi connectivity index (χ0n) is 22.3. The SMILES string of the molecule is CC1(C)O[C@@H]2[C@H](O1)[C@@H](COP(=O)(O)OCC(C)(C)C(=O)CSC(=O)c1ccccc1)O[C@H]2n1ccc(=O)[nH]c1=O. The number of phosphoric acid groups is 1. The zero-order valence-corrected chi connectivity index (χ0v) is 24.0. The molecule has 2 saturated heterocycles. The quantitative estimate of drug-likeness (QED) is 0.362. The van der Waals surface area contributed by atoms with Crippen LogP contribution in [-0.4, -0.2) is 68.4 Å². The molecule has 0 spiro atoms. The molecular weight excluding hydrogens is 567 g/mol. The Labute approximate surface area is 233 Å². The highest BCUT2D eigenvalue weighted by molar-refractivity contribution is 8.14. The lowest BCUT2D eigenvalue weighted by molar-refractivity contribution is -0.200. The van der Waals surface area contributed by atoms with Crippen molar-refractivity contribution in [1.29, 1.82) is 0 Å². The van der Waals surface area contributed by atoms with E-state index in [1.54, 1.807) is 44.2 Å². The van der Waals surface area contributed by atoms with Crippen LogP contribution < -0.4 is 11.2 Å². The van der Waals surface area contributed by atoms with Crippen LogP contribution in [0.25, 0.3) is 0 Å². The summed E-state index contributed by atoms with van der Waals surface area (Å²) in [5, 5.41) is -0.264. The van der Waals surface area contributed by atoms with Crippen LogP contribution in [0.5, 0.6) is 0 Å². The van der Waals surface area contributed by atoms with Gasteiger partial charge in [-0.25, -0.2) is 9.36 Å². The summed E-state index contributed by atoms with van der Waals surface area (Å²) in [5.74, 6) is -1.53. The van der Waals surface area contributed by atoms with Crippen molar-refractivity contribution in [2.24, 2.45) is 5.41 Å². The van der Waals surface area contributed by atoms with Crippen LogP contribution in [0.4, 0.5) is 0 Å². The maximum absolute atomic E-state index is 12.7. The van der Waals surface area contributed by atoms with E-state index in [9.17, 15) is 28.6 Å². The minimum absolute atomic E-state index is 0.141. The molecule has 0 aliphatic carbocycles. The first-order valence-corrected chi connectivity index (χ1v) is 14.9. The minimum Gasteiger partial charge on any atom is -0.346 e. The van der Waals surface area contributed by atoms with Crippen molar-refractivity contribution in [3.8, 4) is 0 Å². The van der Waals surface area contributed by atoms with E-state index in [4.69, 9.17) is 23.3 Å². The van der Waals surface area contributed by atoms with Gasteiger partial charge in [-0.15, -0.1) is 0 Å². The average molecular weight is 599 g/mol. The highest BCUT2D eigenvalue weighted by Crippen LogP contribution is 2.48. The lowest BCUT2D eigenvalue weighted by Crippen LogP contribution is -2.37. The number of aromatic nitrogens is 2. The number of ketones is 1. The number of carbonyl (C=O) groups excluding carboxylic acids is 2. The van der Waals surface area contributed by atoms with E-state index in [1.165, 1.54) is 20.0 Å². The van der Waals surface area contributed by atoms with Crippen molar-refractivity contribution in [3.05, 3.63) is 69.0 Å². The molecule has 0 saturated carbocycles. The molecule has 1 aromatic heterocycles. The average Bonchev–Trinajstić information content (AvgIpc) is 3.38. The summed E-state index contributed by atoms with van der Waals surface area (Å²) in [6, 6.07) is 9.67. The molecule has 0 amide bonds. The van der Waals surface area contributed by atoms with Gasteiger partial charge in [0.05, 0.1) is 19.0 Å². The summed E-state index contributed by atoms with van der Waals surface area (Å²) in [6.45, 7) is 5.50. The second-order valence-electron chi connectivity index (χ2n) is 10.4. The number of thioether (sulfide) groups is 1. The van der Waals surface area contributed by atoms with Gasteiger partial charge in [0.1, 0.15) is 18.3 Å². The monoisotopic (exact) mass is 598 g/mol. The smallest absolute Gasteiger partial charge is 0.346 e. The van der Waals surface area contributed by atoms with Crippen LogP contribution in [0.15, 0.2) is 52.2 Å². The van der Waals surface area contributed by atoms with Gasteiger partial charge in [0.2, 0.25) is 5.12 Å². The Morgan fingerprint density at radius 2 is 1.80 bits per heavy atom. The highest BCUT2D eigenvalue weighted by atomic mass is 32.2. The van der Waals surface area contributed by atoms with Gasteiger partial charge in [0, 0.05) is 23.2 Å². The third-order valence-electron chi connectivity index (χ3n) is 6.34. The summed E-state index contributed by atoms with van der Waals surface area (Å²) >= 11 is 0.841. The van der Waals surface area contributed by atoms with Gasteiger partial charge >= 0.3 is 13.5 Å². The predicted octanol–water partition coefficient (Wildman–Crippen LogP) is 2.26. The molecule has 2 aliphatic rings. The number of carbonyl (C=O) groups is 2. The third kappa shape index (κ3) is 7.25. The van der Waals surface area contributed by atoms with Gasteiger partial charge in [0.15, 0.2) is 17.8 Å². The van der Waals surface area contributed by atoms with Gasteiger partial charge in [-0.05, 0) is 13.8 Å². The van der Waals surface area contributed by atoms with Crippen molar-refractivity contribution < 1.29 is 42.3 Å². The van der Waals surface area contributed by atoms with Gasteiger partial charge < -0.3 is 19.1 Å². The fourth-order valence-corrected chi connectivity index (χ4v) is 6.01. The number of H-pyrrole nitrogens is 1. The predicted molar refractivity (Wildman–Crippen MR) is 143 cm³/mol. The number of aromatic amines is 1. The van der Waals surface area contributed by atoms with Gasteiger partial charge in [-0.1, -0.05) is 55.9 Å². The molecule has 15 heteroatoms. The van der Waals surface area contributed by atoms with E-state index in [0.717, 1.165) is 22.4 Å². The van der Waals surface area contributed by atoms with Crippen molar-refractivity contribution in [2.45, 2.75) is 58.0 Å². The van der Waals surface area contributed by atoms with Crippen molar-refractivity contribution in [2.75, 3.05) is 19.0 Å². The fourth-order valence-electron chi connectivity index (χ4n) is 4.16. The van der Waals surface area contributed by atoms with Crippen LogP contribution >= 0.6 is 19.6 Å². The van der Waals surface area contributed by atoms with Crippen molar-refractivity contribution in [1.82, 2.24) is 9.55 Å². The molecular formula is C25H31N2O11PS. The molecule has 1 aromatic carbocycles. The molecule has 2 fully saturated rings. The fraction of sp³-hybridized carbons (Fsp3) is 0.520. The number of rotatable bonds is 11. The van der Waals surface area contributed by atoms with Crippen LogP contribution in [0.2, 0.25) is 0 Å². The normalized spacial score (nSPS) is 25.3. The summed E-state index contributed by atoms with van der Waals surface area (Å²) in [6.07, 6.45) is -2.23. The molecule has 13 nitrogen and oxygen atoms in total. The summed E-state index contributed by atoms with van der Waals surface area (Å²) in [7, 11) is -4.66. The molecule has 2 aromatic rings. The number of hydrogen-bond acceptors (Lipinski definition) is 11. The molecule has 4 rings (SSSR count). The summed E-state index contributed by atoms with van der Waals surface area (Å²) < 4.78 is 41.8. The number of fused-ring (bicyclic) bond motifs is 1. The van der Waals surface area contributed by atoms with Gasteiger partial charge in [-0.2, -0.15) is 0 Å². The van der Waals surface area contributed by atoms with Crippen LogP contribution in [-0.2, 0) is 32.6 Å². The lowest BCUT2D eigenvalue weighted by Gasteiger charge is -2.26. The first-order valence-electron chi connectivity index (χ1n) is 12.4. The molecule has 2 aliphatic heterocycles. The van der Waals surface area contributed by atoms with E-state index < -0.39 is 68.0 Å². The van der Waals surface area contributed by atoms with E-state index in [2.05, 4.69) is 4.98 Å². The molecule has 40 heavy (non-hydrogen) atoms. The first kappa shape index (κ1) is 30.5. The van der Waals surface area contributed by atoms with E-state index in [0.29, 0.717) is 5.56 Å². The number of benzene rings is 1.